The summed E-state index contributed by atoms with van der Waals surface area (Å²) in [5, 5.41) is 0.680. The number of aryl methyl sites for hydroxylation is 1. The summed E-state index contributed by atoms with van der Waals surface area (Å²) in [5.74, 6) is 0.652. The Kier molecular flexibility index (Phi) is 3.66. The van der Waals surface area contributed by atoms with E-state index in [0.717, 1.165) is 42.7 Å². The molecule has 0 amide bonds. The molecule has 1 aliphatic rings. The highest BCUT2D eigenvalue weighted by Gasteiger charge is 2.56. The summed E-state index contributed by atoms with van der Waals surface area (Å²) in [6.45, 7) is 5.14. The third-order valence-corrected chi connectivity index (χ3v) is 4.31. The van der Waals surface area contributed by atoms with Gasteiger partial charge in [0.25, 0.3) is 0 Å². The Hall–Kier alpha value is -1.55. The molecule has 1 saturated carbocycles. The fourth-order valence-corrected chi connectivity index (χ4v) is 3.13. The lowest BCUT2D eigenvalue weighted by molar-refractivity contribution is -0.146. The van der Waals surface area contributed by atoms with Crippen molar-refractivity contribution in [3.63, 3.8) is 0 Å². The molecular weight excluding hydrogens is 288 g/mol. The molecule has 21 heavy (non-hydrogen) atoms. The molecule has 0 aliphatic heterocycles. The Morgan fingerprint density at radius 2 is 2.19 bits per heavy atom. The Morgan fingerprint density at radius 1 is 1.43 bits per heavy atom. The van der Waals surface area contributed by atoms with Crippen LogP contribution in [-0.4, -0.2) is 22.1 Å². The van der Waals surface area contributed by atoms with Crippen LogP contribution in [0, 0.1) is 0 Å². The first-order valence-corrected chi connectivity index (χ1v) is 7.84. The normalized spacial score (nSPS) is 16.1. The monoisotopic (exact) mass is 306 g/mol. The second kappa shape index (κ2) is 5.34. The molecule has 0 spiro atoms. The SMILES string of the molecule is CCCn1c(C2(C(=O)OCC)CC2)nc2cccc(Cl)c21. The van der Waals surface area contributed by atoms with E-state index in [9.17, 15) is 4.79 Å². The molecule has 1 aromatic heterocycles. The highest BCUT2D eigenvalue weighted by atomic mass is 35.5. The van der Waals surface area contributed by atoms with Crippen LogP contribution in [0.4, 0.5) is 0 Å². The molecule has 5 heteroatoms. The fourth-order valence-electron chi connectivity index (χ4n) is 2.86. The van der Waals surface area contributed by atoms with Gasteiger partial charge in [0, 0.05) is 6.54 Å². The number of imidazole rings is 1. The molecule has 0 saturated heterocycles. The van der Waals surface area contributed by atoms with Crippen LogP contribution in [0.3, 0.4) is 0 Å². The van der Waals surface area contributed by atoms with Gasteiger partial charge in [-0.1, -0.05) is 24.6 Å². The molecule has 0 unspecified atom stereocenters. The number of halogens is 1. The predicted molar refractivity (Wildman–Crippen MR) is 82.6 cm³/mol. The van der Waals surface area contributed by atoms with Crippen LogP contribution < -0.4 is 0 Å². The lowest BCUT2D eigenvalue weighted by atomic mass is 10.1. The predicted octanol–water partition coefficient (Wildman–Crippen LogP) is 3.69. The molecule has 0 N–H and O–H groups in total. The summed E-state index contributed by atoms with van der Waals surface area (Å²) in [4.78, 5) is 17.0. The van der Waals surface area contributed by atoms with Crippen LogP contribution in [0.25, 0.3) is 11.0 Å². The van der Waals surface area contributed by atoms with E-state index in [1.54, 1.807) is 0 Å². The Bertz CT molecular complexity index is 689. The number of hydrogen-bond acceptors (Lipinski definition) is 3. The zero-order valence-corrected chi connectivity index (χ0v) is 13.1. The third-order valence-electron chi connectivity index (χ3n) is 4.01. The van der Waals surface area contributed by atoms with Crippen molar-refractivity contribution in [2.24, 2.45) is 0 Å². The summed E-state index contributed by atoms with van der Waals surface area (Å²) in [5.41, 5.74) is 1.21. The summed E-state index contributed by atoms with van der Waals surface area (Å²) in [7, 11) is 0. The molecule has 1 aliphatic carbocycles. The van der Waals surface area contributed by atoms with Crippen molar-refractivity contribution >= 4 is 28.6 Å². The average molecular weight is 307 g/mol. The van der Waals surface area contributed by atoms with Gasteiger partial charge in [-0.05, 0) is 38.3 Å². The van der Waals surface area contributed by atoms with Gasteiger partial charge in [-0.2, -0.15) is 0 Å². The molecule has 3 rings (SSSR count). The van der Waals surface area contributed by atoms with Gasteiger partial charge in [0.2, 0.25) is 0 Å². The number of nitrogens with zero attached hydrogens (tertiary/aromatic N) is 2. The van der Waals surface area contributed by atoms with Gasteiger partial charge in [-0.15, -0.1) is 0 Å². The summed E-state index contributed by atoms with van der Waals surface area (Å²) >= 11 is 6.35. The standard InChI is InChI=1S/C16H19ClN2O2/c1-3-10-19-13-11(17)6-5-7-12(13)18-14(19)16(8-9-16)15(20)21-4-2/h5-7H,3-4,8-10H2,1-2H3. The third kappa shape index (κ3) is 2.22. The largest absolute Gasteiger partial charge is 0.465 e. The van der Waals surface area contributed by atoms with Crippen molar-refractivity contribution in [1.82, 2.24) is 9.55 Å². The number of hydrogen-bond donors (Lipinski definition) is 0. The van der Waals surface area contributed by atoms with E-state index in [1.165, 1.54) is 0 Å². The second-order valence-corrected chi connectivity index (χ2v) is 5.90. The molecule has 1 aromatic carbocycles. The van der Waals surface area contributed by atoms with Crippen molar-refractivity contribution in [3.05, 3.63) is 29.0 Å². The quantitative estimate of drug-likeness (QED) is 0.791. The van der Waals surface area contributed by atoms with Gasteiger partial charge in [0.15, 0.2) is 0 Å². The van der Waals surface area contributed by atoms with Gasteiger partial charge in [0.1, 0.15) is 11.2 Å². The number of fused-ring (bicyclic) bond motifs is 1. The minimum absolute atomic E-state index is 0.159. The second-order valence-electron chi connectivity index (χ2n) is 5.50. The van der Waals surface area contributed by atoms with Crippen molar-refractivity contribution in [2.75, 3.05) is 6.61 Å². The first-order valence-electron chi connectivity index (χ1n) is 7.46. The smallest absolute Gasteiger partial charge is 0.319 e. The van der Waals surface area contributed by atoms with Crippen LogP contribution in [0.15, 0.2) is 18.2 Å². The zero-order chi connectivity index (χ0) is 15.0. The number of carbonyl (C=O) groups is 1. The minimum Gasteiger partial charge on any atom is -0.465 e. The maximum absolute atomic E-state index is 12.3. The van der Waals surface area contributed by atoms with Crippen LogP contribution in [-0.2, 0) is 21.5 Å². The molecule has 0 radical (unpaired) electrons. The molecule has 2 aromatic rings. The molecule has 0 bridgehead atoms. The number of carbonyl (C=O) groups excluding carboxylic acids is 1. The number of esters is 1. The lowest BCUT2D eigenvalue weighted by Gasteiger charge is -2.16. The lowest BCUT2D eigenvalue weighted by Crippen LogP contribution is -2.27. The maximum Gasteiger partial charge on any atom is 0.319 e. The van der Waals surface area contributed by atoms with Gasteiger partial charge in [-0.25, -0.2) is 4.98 Å². The highest BCUT2D eigenvalue weighted by molar-refractivity contribution is 6.35. The number of aromatic nitrogens is 2. The first kappa shape index (κ1) is 14.4. The topological polar surface area (TPSA) is 44.1 Å². The minimum atomic E-state index is -0.562. The molecule has 1 fully saturated rings. The van der Waals surface area contributed by atoms with Gasteiger partial charge in [0.05, 0.1) is 22.7 Å². The van der Waals surface area contributed by atoms with Crippen LogP contribution >= 0.6 is 11.6 Å². The maximum atomic E-state index is 12.3. The zero-order valence-electron chi connectivity index (χ0n) is 12.4. The summed E-state index contributed by atoms with van der Waals surface area (Å²) < 4.78 is 7.36. The number of para-hydroxylation sites is 1. The van der Waals surface area contributed by atoms with E-state index in [1.807, 2.05) is 25.1 Å². The molecule has 1 heterocycles. The van der Waals surface area contributed by atoms with Crippen molar-refractivity contribution < 1.29 is 9.53 Å². The average Bonchev–Trinajstić information content (AvgIpc) is 3.18. The molecule has 0 atom stereocenters. The Morgan fingerprint density at radius 3 is 2.81 bits per heavy atom. The van der Waals surface area contributed by atoms with Crippen molar-refractivity contribution in [1.29, 1.82) is 0 Å². The Labute approximate surface area is 129 Å². The van der Waals surface area contributed by atoms with Crippen LogP contribution in [0.5, 0.6) is 0 Å². The summed E-state index contributed by atoms with van der Waals surface area (Å²) in [6.07, 6.45) is 2.57. The number of ether oxygens (including phenoxy) is 1. The number of rotatable bonds is 5. The Balaban J connectivity index is 2.16. The number of benzene rings is 1. The van der Waals surface area contributed by atoms with E-state index >= 15 is 0 Å². The fraction of sp³-hybridized carbons (Fsp3) is 0.500. The summed E-state index contributed by atoms with van der Waals surface area (Å²) in [6, 6.07) is 5.70. The van der Waals surface area contributed by atoms with Crippen LogP contribution in [0.2, 0.25) is 5.02 Å². The first-order chi connectivity index (χ1) is 10.1. The van der Waals surface area contributed by atoms with Crippen molar-refractivity contribution in [3.8, 4) is 0 Å². The molecular formula is C16H19ClN2O2. The van der Waals surface area contributed by atoms with E-state index in [0.29, 0.717) is 11.6 Å². The van der Waals surface area contributed by atoms with Gasteiger partial charge >= 0.3 is 5.97 Å². The van der Waals surface area contributed by atoms with Crippen LogP contribution in [0.1, 0.15) is 38.9 Å². The highest BCUT2D eigenvalue weighted by Crippen LogP contribution is 2.49. The van der Waals surface area contributed by atoms with E-state index < -0.39 is 5.41 Å². The van der Waals surface area contributed by atoms with E-state index in [-0.39, 0.29) is 5.97 Å². The van der Waals surface area contributed by atoms with Gasteiger partial charge in [-0.3, -0.25) is 4.79 Å². The van der Waals surface area contributed by atoms with E-state index in [4.69, 9.17) is 21.3 Å². The van der Waals surface area contributed by atoms with Gasteiger partial charge < -0.3 is 9.30 Å². The molecule has 4 nitrogen and oxygen atoms in total. The van der Waals surface area contributed by atoms with Crippen molar-refractivity contribution in [2.45, 2.75) is 45.1 Å². The van der Waals surface area contributed by atoms with E-state index in [2.05, 4.69) is 11.5 Å². The molecule has 112 valence electrons.